The van der Waals surface area contributed by atoms with Crippen molar-refractivity contribution >= 4 is 11.8 Å². The Morgan fingerprint density at radius 2 is 2.69 bits per heavy atom. The second-order valence-corrected chi connectivity index (χ2v) is 4.51. The van der Waals surface area contributed by atoms with Gasteiger partial charge in [-0.2, -0.15) is 11.8 Å². The summed E-state index contributed by atoms with van der Waals surface area (Å²) in [5, 5.41) is 7.34. The molecule has 0 aliphatic carbocycles. The van der Waals surface area contributed by atoms with E-state index in [1.807, 2.05) is 24.8 Å². The fourth-order valence-corrected chi connectivity index (χ4v) is 2.46. The fraction of sp³-hybridized carbons (Fsp3) is 0.667. The van der Waals surface area contributed by atoms with Crippen LogP contribution in [-0.4, -0.2) is 29.2 Å². The SMILES string of the molecule is Cc1cc(CC2CSCCN2)on1. The Balaban J connectivity index is 1.89. The van der Waals surface area contributed by atoms with Gasteiger partial charge in [0.25, 0.3) is 0 Å². The summed E-state index contributed by atoms with van der Waals surface area (Å²) in [6, 6.07) is 2.58. The molecule has 1 unspecified atom stereocenters. The minimum Gasteiger partial charge on any atom is -0.361 e. The molecule has 0 bridgehead atoms. The van der Waals surface area contributed by atoms with Crippen LogP contribution in [0.15, 0.2) is 10.6 Å². The van der Waals surface area contributed by atoms with E-state index in [4.69, 9.17) is 4.52 Å². The lowest BCUT2D eigenvalue weighted by Crippen LogP contribution is -2.38. The highest BCUT2D eigenvalue weighted by molar-refractivity contribution is 7.99. The van der Waals surface area contributed by atoms with Crippen LogP contribution in [0.1, 0.15) is 11.5 Å². The van der Waals surface area contributed by atoms with Crippen LogP contribution >= 0.6 is 11.8 Å². The summed E-state index contributed by atoms with van der Waals surface area (Å²) < 4.78 is 5.17. The van der Waals surface area contributed by atoms with Crippen LogP contribution in [-0.2, 0) is 6.42 Å². The average Bonchev–Trinajstić information content (AvgIpc) is 2.53. The largest absolute Gasteiger partial charge is 0.361 e. The van der Waals surface area contributed by atoms with Crippen LogP contribution < -0.4 is 5.32 Å². The van der Waals surface area contributed by atoms with Gasteiger partial charge in [-0.25, -0.2) is 0 Å². The van der Waals surface area contributed by atoms with Gasteiger partial charge in [0.15, 0.2) is 0 Å². The summed E-state index contributed by atoms with van der Waals surface area (Å²) in [4.78, 5) is 0. The second-order valence-electron chi connectivity index (χ2n) is 3.36. The molecule has 0 spiro atoms. The molecule has 1 atom stereocenters. The van der Waals surface area contributed by atoms with Gasteiger partial charge in [-0.15, -0.1) is 0 Å². The predicted octanol–water partition coefficient (Wildman–Crippen LogP) is 1.23. The highest BCUT2D eigenvalue weighted by Gasteiger charge is 2.15. The molecule has 72 valence electrons. The molecular weight excluding hydrogens is 184 g/mol. The van der Waals surface area contributed by atoms with Crippen molar-refractivity contribution < 1.29 is 4.52 Å². The molecule has 1 aliphatic rings. The minimum atomic E-state index is 0.561. The van der Waals surface area contributed by atoms with E-state index in [0.717, 1.165) is 24.4 Å². The van der Waals surface area contributed by atoms with E-state index in [1.165, 1.54) is 11.5 Å². The first-order chi connectivity index (χ1) is 6.34. The fourth-order valence-electron chi connectivity index (χ4n) is 1.51. The number of aryl methyl sites for hydroxylation is 1. The number of aromatic nitrogens is 1. The molecule has 2 rings (SSSR count). The quantitative estimate of drug-likeness (QED) is 0.775. The maximum Gasteiger partial charge on any atom is 0.138 e. The zero-order chi connectivity index (χ0) is 9.10. The molecule has 13 heavy (non-hydrogen) atoms. The molecule has 0 radical (unpaired) electrons. The molecule has 1 fully saturated rings. The van der Waals surface area contributed by atoms with Gasteiger partial charge in [-0.3, -0.25) is 0 Å². The Labute approximate surface area is 82.3 Å². The lowest BCUT2D eigenvalue weighted by molar-refractivity contribution is 0.365. The molecule has 1 aliphatic heterocycles. The number of hydrogen-bond donors (Lipinski definition) is 1. The molecule has 0 saturated carbocycles. The van der Waals surface area contributed by atoms with Crippen molar-refractivity contribution in [3.8, 4) is 0 Å². The Kier molecular flexibility index (Phi) is 2.90. The first-order valence-corrected chi connectivity index (χ1v) is 5.73. The highest BCUT2D eigenvalue weighted by Crippen LogP contribution is 2.12. The van der Waals surface area contributed by atoms with Crippen LogP contribution in [0.4, 0.5) is 0 Å². The second kappa shape index (κ2) is 4.15. The molecule has 2 heterocycles. The van der Waals surface area contributed by atoms with Crippen LogP contribution in [0.5, 0.6) is 0 Å². The van der Waals surface area contributed by atoms with Gasteiger partial charge in [0, 0.05) is 36.6 Å². The number of nitrogens with zero attached hydrogens (tertiary/aromatic N) is 1. The number of nitrogens with one attached hydrogen (secondary N) is 1. The number of thioether (sulfide) groups is 1. The van der Waals surface area contributed by atoms with E-state index in [9.17, 15) is 0 Å². The highest BCUT2D eigenvalue weighted by atomic mass is 32.2. The third-order valence-corrected chi connectivity index (χ3v) is 3.25. The van der Waals surface area contributed by atoms with Crippen molar-refractivity contribution in [2.45, 2.75) is 19.4 Å². The third kappa shape index (κ3) is 2.48. The predicted molar refractivity (Wildman–Crippen MR) is 54.1 cm³/mol. The van der Waals surface area contributed by atoms with Crippen molar-refractivity contribution in [3.63, 3.8) is 0 Å². The van der Waals surface area contributed by atoms with E-state index < -0.39 is 0 Å². The van der Waals surface area contributed by atoms with Crippen LogP contribution in [0.25, 0.3) is 0 Å². The summed E-state index contributed by atoms with van der Waals surface area (Å²) >= 11 is 2.00. The Hall–Kier alpha value is -0.480. The van der Waals surface area contributed by atoms with E-state index in [-0.39, 0.29) is 0 Å². The smallest absolute Gasteiger partial charge is 0.138 e. The van der Waals surface area contributed by atoms with E-state index >= 15 is 0 Å². The summed E-state index contributed by atoms with van der Waals surface area (Å²) in [5.41, 5.74) is 0.971. The molecule has 3 nitrogen and oxygen atoms in total. The third-order valence-electron chi connectivity index (χ3n) is 2.12. The monoisotopic (exact) mass is 198 g/mol. The first kappa shape index (κ1) is 9.09. The molecule has 1 aromatic rings. The van der Waals surface area contributed by atoms with E-state index in [1.54, 1.807) is 0 Å². The molecule has 1 N–H and O–H groups in total. The average molecular weight is 198 g/mol. The Morgan fingerprint density at radius 3 is 3.31 bits per heavy atom. The van der Waals surface area contributed by atoms with Crippen molar-refractivity contribution in [2.24, 2.45) is 0 Å². The van der Waals surface area contributed by atoms with Gasteiger partial charge in [-0.1, -0.05) is 5.16 Å². The molecule has 1 aromatic heterocycles. The van der Waals surface area contributed by atoms with Crippen molar-refractivity contribution in [1.29, 1.82) is 0 Å². The molecule has 0 amide bonds. The zero-order valence-electron chi connectivity index (χ0n) is 7.75. The molecule has 4 heteroatoms. The van der Waals surface area contributed by atoms with Gasteiger partial charge in [0.1, 0.15) is 5.76 Å². The van der Waals surface area contributed by atoms with Gasteiger partial charge in [0.05, 0.1) is 5.69 Å². The van der Waals surface area contributed by atoms with Gasteiger partial charge in [-0.05, 0) is 6.92 Å². The number of rotatable bonds is 2. The zero-order valence-corrected chi connectivity index (χ0v) is 8.56. The molecule has 1 saturated heterocycles. The van der Waals surface area contributed by atoms with Gasteiger partial charge >= 0.3 is 0 Å². The Bertz CT molecular complexity index is 268. The summed E-state index contributed by atoms with van der Waals surface area (Å²) in [5.74, 6) is 3.41. The molecular formula is C9H14N2OS. The lowest BCUT2D eigenvalue weighted by Gasteiger charge is -2.21. The van der Waals surface area contributed by atoms with Crippen LogP contribution in [0, 0.1) is 6.92 Å². The van der Waals surface area contributed by atoms with Crippen LogP contribution in [0.2, 0.25) is 0 Å². The van der Waals surface area contributed by atoms with E-state index in [2.05, 4.69) is 10.5 Å². The minimum absolute atomic E-state index is 0.561. The topological polar surface area (TPSA) is 38.1 Å². The lowest BCUT2D eigenvalue weighted by atomic mass is 10.2. The standard InChI is InChI=1S/C9H14N2OS/c1-7-4-9(12-11-7)5-8-6-13-3-2-10-8/h4,8,10H,2-3,5-6H2,1H3. The molecule has 0 aromatic carbocycles. The van der Waals surface area contributed by atoms with Gasteiger partial charge in [0.2, 0.25) is 0 Å². The Morgan fingerprint density at radius 1 is 1.77 bits per heavy atom. The maximum absolute atomic E-state index is 5.17. The van der Waals surface area contributed by atoms with Crippen molar-refractivity contribution in [2.75, 3.05) is 18.1 Å². The number of hydrogen-bond acceptors (Lipinski definition) is 4. The van der Waals surface area contributed by atoms with Gasteiger partial charge < -0.3 is 9.84 Å². The van der Waals surface area contributed by atoms with Crippen LogP contribution in [0.3, 0.4) is 0 Å². The van der Waals surface area contributed by atoms with Crippen molar-refractivity contribution in [3.05, 3.63) is 17.5 Å². The van der Waals surface area contributed by atoms with Crippen molar-refractivity contribution in [1.82, 2.24) is 10.5 Å². The first-order valence-electron chi connectivity index (χ1n) is 4.58. The van der Waals surface area contributed by atoms with E-state index in [0.29, 0.717) is 6.04 Å². The maximum atomic E-state index is 5.17. The summed E-state index contributed by atoms with van der Waals surface area (Å²) in [7, 11) is 0. The summed E-state index contributed by atoms with van der Waals surface area (Å²) in [6.45, 7) is 3.07. The normalized spacial score (nSPS) is 23.3. The summed E-state index contributed by atoms with van der Waals surface area (Å²) in [6.07, 6.45) is 0.966.